The highest BCUT2D eigenvalue weighted by Gasteiger charge is 1.99. The van der Waals surface area contributed by atoms with E-state index < -0.39 is 0 Å². The first-order valence-electron chi connectivity index (χ1n) is 6.02. The van der Waals surface area contributed by atoms with Crippen molar-refractivity contribution in [1.29, 1.82) is 0 Å². The van der Waals surface area contributed by atoms with Crippen molar-refractivity contribution < 1.29 is 4.74 Å². The molecule has 98 valence electrons. The number of aliphatic imine (C=N–C) groups is 1. The van der Waals surface area contributed by atoms with Gasteiger partial charge in [-0.25, -0.2) is 4.99 Å². The molecule has 4 heteroatoms. The highest BCUT2D eigenvalue weighted by molar-refractivity contribution is 5.79. The van der Waals surface area contributed by atoms with Crippen LogP contribution in [-0.4, -0.2) is 5.96 Å². The van der Waals surface area contributed by atoms with Crippen molar-refractivity contribution in [1.82, 2.24) is 0 Å². The molecule has 19 heavy (non-hydrogen) atoms. The van der Waals surface area contributed by atoms with E-state index in [1.54, 1.807) is 0 Å². The molecule has 0 unspecified atom stereocenters. The van der Waals surface area contributed by atoms with Crippen LogP contribution in [0.25, 0.3) is 0 Å². The second-order valence-corrected chi connectivity index (χ2v) is 4.25. The average molecular weight is 255 g/mol. The first-order chi connectivity index (χ1) is 9.15. The van der Waals surface area contributed by atoms with Crippen LogP contribution in [0.15, 0.2) is 53.5 Å². The summed E-state index contributed by atoms with van der Waals surface area (Å²) in [6.07, 6.45) is 0. The van der Waals surface area contributed by atoms with Crippen molar-refractivity contribution >= 4 is 11.6 Å². The minimum absolute atomic E-state index is 0.0496. The lowest BCUT2D eigenvalue weighted by Crippen LogP contribution is -2.21. The quantitative estimate of drug-likeness (QED) is 0.651. The lowest BCUT2D eigenvalue weighted by molar-refractivity contribution is 0.305. The predicted octanol–water partition coefficient (Wildman–Crippen LogP) is 2.48. The summed E-state index contributed by atoms with van der Waals surface area (Å²) in [5.74, 6) is 0.839. The van der Waals surface area contributed by atoms with Crippen molar-refractivity contribution in [2.24, 2.45) is 16.5 Å². The molecule has 0 aliphatic heterocycles. The third kappa shape index (κ3) is 3.74. The molecule has 0 fully saturated rings. The highest BCUT2D eigenvalue weighted by Crippen LogP contribution is 2.19. The second-order valence-electron chi connectivity index (χ2n) is 4.25. The maximum absolute atomic E-state index is 5.72. The van der Waals surface area contributed by atoms with E-state index in [-0.39, 0.29) is 5.96 Å². The third-order valence-corrected chi connectivity index (χ3v) is 2.75. The summed E-state index contributed by atoms with van der Waals surface area (Å²) < 4.78 is 5.72. The number of benzene rings is 2. The Morgan fingerprint density at radius 3 is 2.37 bits per heavy atom. The van der Waals surface area contributed by atoms with E-state index in [1.165, 1.54) is 11.1 Å². The minimum atomic E-state index is 0.0496. The van der Waals surface area contributed by atoms with E-state index in [1.807, 2.05) is 36.4 Å². The molecule has 4 nitrogen and oxygen atoms in total. The van der Waals surface area contributed by atoms with Crippen LogP contribution in [0, 0.1) is 6.92 Å². The second kappa shape index (κ2) is 5.91. The van der Waals surface area contributed by atoms with Gasteiger partial charge in [-0.05, 0) is 42.3 Å². The first-order valence-corrected chi connectivity index (χ1v) is 6.02. The minimum Gasteiger partial charge on any atom is -0.489 e. The Labute approximate surface area is 112 Å². The summed E-state index contributed by atoms with van der Waals surface area (Å²) in [4.78, 5) is 3.95. The zero-order chi connectivity index (χ0) is 13.7. The number of nitrogens with zero attached hydrogens (tertiary/aromatic N) is 1. The number of ether oxygens (including phenoxy) is 1. The number of hydrogen-bond acceptors (Lipinski definition) is 2. The van der Waals surface area contributed by atoms with E-state index in [4.69, 9.17) is 16.2 Å². The van der Waals surface area contributed by atoms with Gasteiger partial charge in [-0.2, -0.15) is 0 Å². The fourth-order valence-electron chi connectivity index (χ4n) is 1.70. The van der Waals surface area contributed by atoms with Crippen molar-refractivity contribution in [3.05, 3.63) is 59.7 Å². The number of nitrogens with two attached hydrogens (primary N) is 2. The maximum Gasteiger partial charge on any atom is 0.191 e. The molecule has 0 saturated carbocycles. The van der Waals surface area contributed by atoms with Gasteiger partial charge in [-0.1, -0.05) is 24.3 Å². The van der Waals surface area contributed by atoms with Gasteiger partial charge in [0.1, 0.15) is 12.4 Å². The van der Waals surface area contributed by atoms with Gasteiger partial charge in [0.25, 0.3) is 0 Å². The Morgan fingerprint density at radius 2 is 1.74 bits per heavy atom. The third-order valence-electron chi connectivity index (χ3n) is 2.75. The summed E-state index contributed by atoms with van der Waals surface area (Å²) in [6.45, 7) is 2.62. The van der Waals surface area contributed by atoms with Crippen LogP contribution in [-0.2, 0) is 6.61 Å². The van der Waals surface area contributed by atoms with Gasteiger partial charge in [0.05, 0.1) is 5.69 Å². The van der Waals surface area contributed by atoms with Gasteiger partial charge in [-0.3, -0.25) is 0 Å². The van der Waals surface area contributed by atoms with Crippen LogP contribution in [0.2, 0.25) is 0 Å². The van der Waals surface area contributed by atoms with E-state index in [9.17, 15) is 0 Å². The van der Waals surface area contributed by atoms with Crippen molar-refractivity contribution in [2.45, 2.75) is 13.5 Å². The molecule has 4 N–H and O–H groups in total. The Kier molecular flexibility index (Phi) is 4.03. The van der Waals surface area contributed by atoms with E-state index >= 15 is 0 Å². The summed E-state index contributed by atoms with van der Waals surface area (Å²) >= 11 is 0. The zero-order valence-corrected chi connectivity index (χ0v) is 10.8. The zero-order valence-electron chi connectivity index (χ0n) is 10.8. The molecule has 0 aliphatic rings. The van der Waals surface area contributed by atoms with Crippen LogP contribution in [0.3, 0.4) is 0 Å². The number of guanidine groups is 1. The molecule has 2 rings (SSSR count). The topological polar surface area (TPSA) is 73.6 Å². The highest BCUT2D eigenvalue weighted by atomic mass is 16.5. The number of rotatable bonds is 4. The Balaban J connectivity index is 2.01. The average Bonchev–Trinajstić information content (AvgIpc) is 2.39. The lowest BCUT2D eigenvalue weighted by atomic mass is 10.1. The van der Waals surface area contributed by atoms with Crippen molar-refractivity contribution in [2.75, 3.05) is 0 Å². The van der Waals surface area contributed by atoms with E-state index in [2.05, 4.69) is 24.0 Å². The maximum atomic E-state index is 5.72. The smallest absolute Gasteiger partial charge is 0.191 e. The molecule has 0 spiro atoms. The van der Waals surface area contributed by atoms with Gasteiger partial charge in [0.2, 0.25) is 0 Å². The van der Waals surface area contributed by atoms with Gasteiger partial charge in [-0.15, -0.1) is 0 Å². The number of hydrogen-bond donors (Lipinski definition) is 2. The molecular weight excluding hydrogens is 238 g/mol. The molecule has 0 atom stereocenters. The summed E-state index contributed by atoms with van der Waals surface area (Å²) in [5.41, 5.74) is 13.7. The predicted molar refractivity (Wildman–Crippen MR) is 77.4 cm³/mol. The molecular formula is C15H17N3O. The van der Waals surface area contributed by atoms with Gasteiger partial charge < -0.3 is 16.2 Å². The standard InChI is InChI=1S/C15H17N3O/c1-11-4-2-3-5-12(11)10-19-14-8-6-13(7-9-14)18-15(16)17/h2-9H,10H2,1H3,(H4,16,17,18). The van der Waals surface area contributed by atoms with Crippen LogP contribution in [0.4, 0.5) is 5.69 Å². The normalized spacial score (nSPS) is 9.95. The van der Waals surface area contributed by atoms with E-state index in [0.717, 1.165) is 5.75 Å². The monoisotopic (exact) mass is 255 g/mol. The molecule has 0 saturated heterocycles. The molecule has 0 aliphatic carbocycles. The fourth-order valence-corrected chi connectivity index (χ4v) is 1.70. The Bertz CT molecular complexity index is 572. The molecule has 2 aromatic carbocycles. The van der Waals surface area contributed by atoms with Crippen molar-refractivity contribution in [3.8, 4) is 5.75 Å². The fraction of sp³-hybridized carbons (Fsp3) is 0.133. The largest absolute Gasteiger partial charge is 0.489 e. The summed E-state index contributed by atoms with van der Waals surface area (Å²) in [7, 11) is 0. The first kappa shape index (κ1) is 13.0. The molecule has 0 heterocycles. The van der Waals surface area contributed by atoms with Gasteiger partial charge >= 0.3 is 0 Å². The van der Waals surface area contributed by atoms with Crippen LogP contribution < -0.4 is 16.2 Å². The van der Waals surface area contributed by atoms with E-state index in [0.29, 0.717) is 12.3 Å². The van der Waals surface area contributed by atoms with Gasteiger partial charge in [0.15, 0.2) is 5.96 Å². The Morgan fingerprint density at radius 1 is 1.05 bits per heavy atom. The summed E-state index contributed by atoms with van der Waals surface area (Å²) in [5, 5.41) is 0. The van der Waals surface area contributed by atoms with Crippen molar-refractivity contribution in [3.63, 3.8) is 0 Å². The number of aryl methyl sites for hydroxylation is 1. The van der Waals surface area contributed by atoms with Crippen LogP contribution in [0.5, 0.6) is 5.75 Å². The SMILES string of the molecule is Cc1ccccc1COc1ccc(N=C(N)N)cc1. The van der Waals surface area contributed by atoms with Crippen LogP contribution >= 0.6 is 0 Å². The molecule has 0 amide bonds. The molecule has 0 radical (unpaired) electrons. The van der Waals surface area contributed by atoms with Gasteiger partial charge in [0, 0.05) is 0 Å². The molecule has 2 aromatic rings. The Hall–Kier alpha value is -2.49. The molecule has 0 aromatic heterocycles. The summed E-state index contributed by atoms with van der Waals surface area (Å²) in [6, 6.07) is 15.5. The van der Waals surface area contributed by atoms with Crippen LogP contribution in [0.1, 0.15) is 11.1 Å². The lowest BCUT2D eigenvalue weighted by Gasteiger charge is -2.08. The molecule has 0 bridgehead atoms.